The fourth-order valence-corrected chi connectivity index (χ4v) is 2.39. The molecule has 19 heavy (non-hydrogen) atoms. The molecule has 0 aliphatic carbocycles. The van der Waals surface area contributed by atoms with Gasteiger partial charge in [0, 0.05) is 10.7 Å². The van der Waals surface area contributed by atoms with Crippen LogP contribution in [-0.2, 0) is 0 Å². The molecule has 3 rings (SSSR count). The fourth-order valence-electron chi connectivity index (χ4n) is 2.22. The molecule has 96 valence electrons. The van der Waals surface area contributed by atoms with Crippen LogP contribution in [0.2, 0.25) is 5.02 Å². The largest absolute Gasteiger partial charge is 0.322 e. The maximum absolute atomic E-state index is 6.09. The molecule has 1 heterocycles. The van der Waals surface area contributed by atoms with Gasteiger partial charge in [0.25, 0.3) is 0 Å². The van der Waals surface area contributed by atoms with Gasteiger partial charge < -0.3 is 5.73 Å². The molecule has 1 aromatic heterocycles. The lowest BCUT2D eigenvalue weighted by molar-refractivity contribution is 0.727. The molecule has 0 saturated carbocycles. The van der Waals surface area contributed by atoms with Crippen LogP contribution in [0.1, 0.15) is 18.8 Å². The first-order chi connectivity index (χ1) is 9.16. The molecule has 0 amide bonds. The van der Waals surface area contributed by atoms with Crippen molar-refractivity contribution in [3.8, 4) is 5.69 Å². The van der Waals surface area contributed by atoms with Crippen molar-refractivity contribution in [3.05, 3.63) is 59.4 Å². The number of fused-ring (bicyclic) bond motifs is 1. The van der Waals surface area contributed by atoms with E-state index in [4.69, 9.17) is 17.3 Å². The topological polar surface area (TPSA) is 43.8 Å². The molecule has 3 aromatic rings. The maximum Gasteiger partial charge on any atom is 0.131 e. The molecule has 0 aliphatic heterocycles. The quantitative estimate of drug-likeness (QED) is 0.772. The highest BCUT2D eigenvalue weighted by molar-refractivity contribution is 6.31. The number of halogens is 1. The molecular weight excluding hydrogens is 258 g/mol. The van der Waals surface area contributed by atoms with Crippen molar-refractivity contribution in [1.82, 2.24) is 9.55 Å². The summed E-state index contributed by atoms with van der Waals surface area (Å²) in [6, 6.07) is 15.6. The molecule has 0 aliphatic rings. The summed E-state index contributed by atoms with van der Waals surface area (Å²) in [5, 5.41) is 0.695. The van der Waals surface area contributed by atoms with Crippen LogP contribution in [0.15, 0.2) is 48.5 Å². The van der Waals surface area contributed by atoms with E-state index in [1.807, 2.05) is 55.5 Å². The predicted octanol–water partition coefficient (Wildman–Crippen LogP) is 3.70. The third-order valence-corrected chi connectivity index (χ3v) is 3.30. The predicted molar refractivity (Wildman–Crippen MR) is 78.7 cm³/mol. The molecule has 2 N–H and O–H groups in total. The number of hydrogen-bond donors (Lipinski definition) is 1. The van der Waals surface area contributed by atoms with Crippen molar-refractivity contribution >= 4 is 22.6 Å². The van der Waals surface area contributed by atoms with Crippen molar-refractivity contribution in [1.29, 1.82) is 0 Å². The first kappa shape index (κ1) is 12.2. The third-order valence-electron chi connectivity index (χ3n) is 3.06. The minimum Gasteiger partial charge on any atom is -0.322 e. The second-order valence-corrected chi connectivity index (χ2v) is 5.00. The number of nitrogens with zero attached hydrogens (tertiary/aromatic N) is 2. The van der Waals surface area contributed by atoms with E-state index < -0.39 is 0 Å². The van der Waals surface area contributed by atoms with Gasteiger partial charge in [0.15, 0.2) is 0 Å². The van der Waals surface area contributed by atoms with Gasteiger partial charge in [0.2, 0.25) is 0 Å². The number of para-hydroxylation sites is 1. The Morgan fingerprint density at radius 3 is 2.58 bits per heavy atom. The van der Waals surface area contributed by atoms with E-state index in [-0.39, 0.29) is 6.04 Å². The fraction of sp³-hybridized carbons (Fsp3) is 0.133. The zero-order valence-corrected chi connectivity index (χ0v) is 11.3. The highest BCUT2D eigenvalue weighted by atomic mass is 35.5. The molecule has 0 unspecified atom stereocenters. The minimum atomic E-state index is -0.147. The van der Waals surface area contributed by atoms with Gasteiger partial charge in [0.05, 0.1) is 17.1 Å². The van der Waals surface area contributed by atoms with Crippen LogP contribution >= 0.6 is 11.6 Å². The molecule has 3 nitrogen and oxygen atoms in total. The van der Waals surface area contributed by atoms with Crippen molar-refractivity contribution in [2.75, 3.05) is 0 Å². The van der Waals surface area contributed by atoms with Gasteiger partial charge in [-0.1, -0.05) is 29.8 Å². The van der Waals surface area contributed by atoms with Crippen LogP contribution in [0.3, 0.4) is 0 Å². The monoisotopic (exact) mass is 271 g/mol. The summed E-state index contributed by atoms with van der Waals surface area (Å²) in [7, 11) is 0. The Hall–Kier alpha value is -1.84. The van der Waals surface area contributed by atoms with E-state index in [1.165, 1.54) is 0 Å². The third kappa shape index (κ3) is 2.11. The van der Waals surface area contributed by atoms with Gasteiger partial charge in [-0.25, -0.2) is 4.98 Å². The van der Waals surface area contributed by atoms with Crippen LogP contribution in [0, 0.1) is 0 Å². The second-order valence-electron chi connectivity index (χ2n) is 4.56. The standard InChI is InChI=1S/C15H14ClN3/c1-10(17)15-18-13-8-7-11(16)9-14(13)19(15)12-5-3-2-4-6-12/h2-10H,17H2,1H3/t10-/m0/s1. The van der Waals surface area contributed by atoms with Crippen LogP contribution in [0.25, 0.3) is 16.7 Å². The van der Waals surface area contributed by atoms with Crippen molar-refractivity contribution in [2.24, 2.45) is 5.73 Å². The van der Waals surface area contributed by atoms with Gasteiger partial charge in [-0.15, -0.1) is 0 Å². The lowest BCUT2D eigenvalue weighted by atomic mass is 10.2. The van der Waals surface area contributed by atoms with Gasteiger partial charge in [-0.05, 0) is 37.3 Å². The highest BCUT2D eigenvalue weighted by Gasteiger charge is 2.15. The SMILES string of the molecule is C[C@H](N)c1nc2ccc(Cl)cc2n1-c1ccccc1. The summed E-state index contributed by atoms with van der Waals surface area (Å²) in [6.07, 6.45) is 0. The molecule has 4 heteroatoms. The van der Waals surface area contributed by atoms with E-state index >= 15 is 0 Å². The molecule has 2 aromatic carbocycles. The summed E-state index contributed by atoms with van der Waals surface area (Å²) in [4.78, 5) is 4.61. The Morgan fingerprint density at radius 2 is 1.89 bits per heavy atom. The Kier molecular flexibility index (Phi) is 3.01. The summed E-state index contributed by atoms with van der Waals surface area (Å²) < 4.78 is 2.06. The number of benzene rings is 2. The van der Waals surface area contributed by atoms with E-state index in [9.17, 15) is 0 Å². The Morgan fingerprint density at radius 1 is 1.16 bits per heavy atom. The first-order valence-corrected chi connectivity index (χ1v) is 6.53. The first-order valence-electron chi connectivity index (χ1n) is 6.16. The number of hydrogen-bond acceptors (Lipinski definition) is 2. The Bertz CT molecular complexity index is 717. The van der Waals surface area contributed by atoms with Gasteiger partial charge in [-0.3, -0.25) is 4.57 Å². The normalized spacial score (nSPS) is 12.8. The maximum atomic E-state index is 6.09. The second kappa shape index (κ2) is 4.68. The Balaban J connectivity index is 2.36. The van der Waals surface area contributed by atoms with Gasteiger partial charge >= 0.3 is 0 Å². The molecule has 0 saturated heterocycles. The van der Waals surface area contributed by atoms with Crippen molar-refractivity contribution in [3.63, 3.8) is 0 Å². The zero-order valence-electron chi connectivity index (χ0n) is 10.5. The number of rotatable bonds is 2. The number of nitrogens with two attached hydrogens (primary N) is 1. The van der Waals surface area contributed by atoms with Crippen LogP contribution in [0.4, 0.5) is 0 Å². The van der Waals surface area contributed by atoms with Crippen LogP contribution in [0.5, 0.6) is 0 Å². The van der Waals surface area contributed by atoms with Crippen LogP contribution in [-0.4, -0.2) is 9.55 Å². The summed E-state index contributed by atoms with van der Waals surface area (Å²) in [5.74, 6) is 0.837. The van der Waals surface area contributed by atoms with E-state index in [0.29, 0.717) is 5.02 Å². The lowest BCUT2D eigenvalue weighted by Crippen LogP contribution is -2.12. The van der Waals surface area contributed by atoms with E-state index in [0.717, 1.165) is 22.5 Å². The number of imidazole rings is 1. The van der Waals surface area contributed by atoms with Gasteiger partial charge in [-0.2, -0.15) is 0 Å². The molecular formula is C15H14ClN3. The van der Waals surface area contributed by atoms with Crippen molar-refractivity contribution in [2.45, 2.75) is 13.0 Å². The number of aromatic nitrogens is 2. The van der Waals surface area contributed by atoms with Crippen molar-refractivity contribution < 1.29 is 0 Å². The lowest BCUT2D eigenvalue weighted by Gasteiger charge is -2.11. The average Bonchev–Trinajstić information content (AvgIpc) is 2.78. The average molecular weight is 272 g/mol. The van der Waals surface area contributed by atoms with E-state index in [2.05, 4.69) is 9.55 Å². The molecule has 0 radical (unpaired) electrons. The minimum absolute atomic E-state index is 0.147. The smallest absolute Gasteiger partial charge is 0.131 e. The molecule has 0 bridgehead atoms. The van der Waals surface area contributed by atoms with E-state index in [1.54, 1.807) is 0 Å². The van der Waals surface area contributed by atoms with Gasteiger partial charge in [0.1, 0.15) is 5.82 Å². The summed E-state index contributed by atoms with van der Waals surface area (Å²) in [5.41, 5.74) is 8.96. The van der Waals surface area contributed by atoms with Crippen LogP contribution < -0.4 is 5.73 Å². The zero-order chi connectivity index (χ0) is 13.4. The highest BCUT2D eigenvalue weighted by Crippen LogP contribution is 2.26. The molecule has 0 fully saturated rings. The molecule has 1 atom stereocenters. The molecule has 0 spiro atoms. The summed E-state index contributed by atoms with van der Waals surface area (Å²) in [6.45, 7) is 1.93. The summed E-state index contributed by atoms with van der Waals surface area (Å²) >= 11 is 6.09. The Labute approximate surface area is 116 Å².